The van der Waals surface area contributed by atoms with E-state index in [0.29, 0.717) is 13.0 Å². The van der Waals surface area contributed by atoms with E-state index in [2.05, 4.69) is 4.98 Å². The van der Waals surface area contributed by atoms with Crippen molar-refractivity contribution in [1.29, 1.82) is 0 Å². The molecule has 1 heterocycles. The number of Topliss-reactive ketones (excluding diaryl/α,β-unsaturated/α-hetero) is 1. The number of aromatic amines is 1. The highest BCUT2D eigenvalue weighted by Gasteiger charge is 2.13. The molecule has 18 heavy (non-hydrogen) atoms. The molecule has 0 saturated carbocycles. The summed E-state index contributed by atoms with van der Waals surface area (Å²) in [5.74, 6) is 0.105. The number of hydrogen-bond donors (Lipinski definition) is 2. The number of nitrogens with one attached hydrogen (secondary N) is 1. The third-order valence-electron chi connectivity index (χ3n) is 3.00. The van der Waals surface area contributed by atoms with Crippen LogP contribution in [0.3, 0.4) is 0 Å². The predicted molar refractivity (Wildman–Crippen MR) is 71.8 cm³/mol. The number of para-hydroxylation sites is 1. The van der Waals surface area contributed by atoms with Gasteiger partial charge >= 0.3 is 0 Å². The van der Waals surface area contributed by atoms with Crippen molar-refractivity contribution in [1.82, 2.24) is 9.88 Å². The largest absolute Gasteiger partial charge is 0.396 e. The fraction of sp³-hybridized carbons (Fsp3) is 0.357. The molecule has 0 unspecified atom stereocenters. The van der Waals surface area contributed by atoms with Crippen LogP contribution >= 0.6 is 0 Å². The van der Waals surface area contributed by atoms with Gasteiger partial charge in [-0.3, -0.25) is 9.69 Å². The maximum absolute atomic E-state index is 12.2. The summed E-state index contributed by atoms with van der Waals surface area (Å²) in [6.45, 7) is 1.26. The van der Waals surface area contributed by atoms with Crippen LogP contribution in [0, 0.1) is 0 Å². The van der Waals surface area contributed by atoms with E-state index in [-0.39, 0.29) is 12.4 Å². The van der Waals surface area contributed by atoms with Crippen molar-refractivity contribution < 1.29 is 9.90 Å². The molecule has 2 rings (SSSR count). The third kappa shape index (κ3) is 2.78. The molecule has 0 fully saturated rings. The van der Waals surface area contributed by atoms with Crippen LogP contribution in [-0.4, -0.2) is 47.5 Å². The summed E-state index contributed by atoms with van der Waals surface area (Å²) in [7, 11) is 1.89. The number of fused-ring (bicyclic) bond motifs is 1. The zero-order valence-corrected chi connectivity index (χ0v) is 10.5. The van der Waals surface area contributed by atoms with Crippen molar-refractivity contribution in [3.05, 3.63) is 36.0 Å². The number of carbonyl (C=O) groups is 1. The van der Waals surface area contributed by atoms with Gasteiger partial charge < -0.3 is 10.1 Å². The van der Waals surface area contributed by atoms with Crippen LogP contribution in [0.4, 0.5) is 0 Å². The summed E-state index contributed by atoms with van der Waals surface area (Å²) in [6, 6.07) is 7.79. The third-order valence-corrected chi connectivity index (χ3v) is 3.00. The topological polar surface area (TPSA) is 56.3 Å². The second-order valence-corrected chi connectivity index (χ2v) is 4.49. The van der Waals surface area contributed by atoms with E-state index in [1.165, 1.54) is 0 Å². The highest BCUT2D eigenvalue weighted by molar-refractivity contribution is 6.08. The zero-order chi connectivity index (χ0) is 13.0. The van der Waals surface area contributed by atoms with Crippen LogP contribution in [0.15, 0.2) is 30.5 Å². The lowest BCUT2D eigenvalue weighted by molar-refractivity contribution is 0.0943. The zero-order valence-electron chi connectivity index (χ0n) is 10.5. The summed E-state index contributed by atoms with van der Waals surface area (Å²) < 4.78 is 0. The van der Waals surface area contributed by atoms with Gasteiger partial charge in [0.25, 0.3) is 0 Å². The van der Waals surface area contributed by atoms with Crippen LogP contribution in [0.25, 0.3) is 10.9 Å². The molecule has 0 amide bonds. The quantitative estimate of drug-likeness (QED) is 0.762. The Bertz CT molecular complexity index is 533. The number of likely N-dealkylation sites (N-methyl/N-ethyl adjacent to an activating group) is 1. The molecular weight excluding hydrogens is 228 g/mol. The van der Waals surface area contributed by atoms with Gasteiger partial charge in [0.05, 0.1) is 6.54 Å². The Hall–Kier alpha value is -1.65. The molecule has 0 spiro atoms. The van der Waals surface area contributed by atoms with Crippen LogP contribution in [0.2, 0.25) is 0 Å². The van der Waals surface area contributed by atoms with Gasteiger partial charge in [-0.1, -0.05) is 18.2 Å². The van der Waals surface area contributed by atoms with Crippen LogP contribution < -0.4 is 0 Å². The predicted octanol–water partition coefficient (Wildman–Crippen LogP) is 1.66. The molecule has 0 aliphatic rings. The van der Waals surface area contributed by atoms with Gasteiger partial charge in [0.15, 0.2) is 5.78 Å². The smallest absolute Gasteiger partial charge is 0.178 e. The average Bonchev–Trinajstić information content (AvgIpc) is 2.80. The lowest BCUT2D eigenvalue weighted by Crippen LogP contribution is -2.27. The van der Waals surface area contributed by atoms with E-state index in [1.54, 1.807) is 6.20 Å². The Morgan fingerprint density at radius 2 is 2.17 bits per heavy atom. The van der Waals surface area contributed by atoms with Crippen LogP contribution in [0.5, 0.6) is 0 Å². The molecular formula is C14H18N2O2. The number of aliphatic hydroxyl groups is 1. The molecule has 0 radical (unpaired) electrons. The van der Waals surface area contributed by atoms with Crippen molar-refractivity contribution in [3.8, 4) is 0 Å². The van der Waals surface area contributed by atoms with Crippen molar-refractivity contribution in [2.75, 3.05) is 26.7 Å². The Morgan fingerprint density at radius 3 is 2.94 bits per heavy atom. The van der Waals surface area contributed by atoms with E-state index < -0.39 is 0 Å². The normalized spacial score (nSPS) is 11.3. The lowest BCUT2D eigenvalue weighted by atomic mass is 10.1. The van der Waals surface area contributed by atoms with E-state index in [1.807, 2.05) is 36.2 Å². The van der Waals surface area contributed by atoms with Gasteiger partial charge in [-0.2, -0.15) is 0 Å². The maximum atomic E-state index is 12.2. The molecule has 0 atom stereocenters. The Morgan fingerprint density at radius 1 is 1.39 bits per heavy atom. The Kier molecular flexibility index (Phi) is 4.12. The Balaban J connectivity index is 2.09. The molecule has 4 nitrogen and oxygen atoms in total. The van der Waals surface area contributed by atoms with Gasteiger partial charge in [-0.05, 0) is 19.5 Å². The highest BCUT2D eigenvalue weighted by Crippen LogP contribution is 2.18. The highest BCUT2D eigenvalue weighted by atomic mass is 16.3. The molecule has 0 saturated heterocycles. The van der Waals surface area contributed by atoms with Gasteiger partial charge in [-0.15, -0.1) is 0 Å². The summed E-state index contributed by atoms with van der Waals surface area (Å²) in [5.41, 5.74) is 1.72. The second kappa shape index (κ2) is 5.80. The monoisotopic (exact) mass is 246 g/mol. The maximum Gasteiger partial charge on any atom is 0.178 e. The Labute approximate surface area is 106 Å². The molecule has 0 aliphatic heterocycles. The molecule has 1 aromatic carbocycles. The summed E-state index contributed by atoms with van der Waals surface area (Å²) in [6.07, 6.45) is 2.46. The minimum absolute atomic E-state index is 0.105. The first-order chi connectivity index (χ1) is 8.72. The summed E-state index contributed by atoms with van der Waals surface area (Å²) in [4.78, 5) is 17.2. The van der Waals surface area contributed by atoms with Crippen molar-refractivity contribution in [3.63, 3.8) is 0 Å². The first kappa shape index (κ1) is 12.8. The number of ketones is 1. The number of H-pyrrole nitrogens is 1. The van der Waals surface area contributed by atoms with Crippen molar-refractivity contribution in [2.24, 2.45) is 0 Å². The number of rotatable bonds is 6. The van der Waals surface area contributed by atoms with Gasteiger partial charge in [0, 0.05) is 35.8 Å². The number of aromatic nitrogens is 1. The van der Waals surface area contributed by atoms with Crippen molar-refractivity contribution in [2.45, 2.75) is 6.42 Å². The van der Waals surface area contributed by atoms with Crippen LogP contribution in [-0.2, 0) is 0 Å². The molecule has 96 valence electrons. The number of nitrogens with zero attached hydrogens (tertiary/aromatic N) is 1. The van der Waals surface area contributed by atoms with Gasteiger partial charge in [0.1, 0.15) is 0 Å². The minimum Gasteiger partial charge on any atom is -0.396 e. The molecule has 0 aliphatic carbocycles. The fourth-order valence-electron chi connectivity index (χ4n) is 2.05. The number of aliphatic hydroxyl groups excluding tert-OH is 1. The number of benzene rings is 1. The van der Waals surface area contributed by atoms with Gasteiger partial charge in [-0.25, -0.2) is 0 Å². The lowest BCUT2D eigenvalue weighted by Gasteiger charge is -2.14. The fourth-order valence-corrected chi connectivity index (χ4v) is 2.05. The van der Waals surface area contributed by atoms with Gasteiger partial charge in [0.2, 0.25) is 0 Å². The SMILES string of the molecule is CN(CCCO)CC(=O)c1c[nH]c2ccccc12. The number of hydrogen-bond acceptors (Lipinski definition) is 3. The molecule has 4 heteroatoms. The summed E-state index contributed by atoms with van der Waals surface area (Å²) in [5, 5.41) is 9.73. The second-order valence-electron chi connectivity index (χ2n) is 4.49. The molecule has 2 N–H and O–H groups in total. The molecule has 0 bridgehead atoms. The average molecular weight is 246 g/mol. The van der Waals surface area contributed by atoms with Crippen molar-refractivity contribution >= 4 is 16.7 Å². The number of carbonyl (C=O) groups excluding carboxylic acids is 1. The first-order valence-corrected chi connectivity index (χ1v) is 6.11. The van der Waals surface area contributed by atoms with E-state index in [0.717, 1.165) is 23.0 Å². The molecule has 2 aromatic rings. The molecule has 1 aromatic heterocycles. The first-order valence-electron chi connectivity index (χ1n) is 6.11. The minimum atomic E-state index is 0.105. The summed E-state index contributed by atoms with van der Waals surface area (Å²) >= 11 is 0. The van der Waals surface area contributed by atoms with E-state index >= 15 is 0 Å². The van der Waals surface area contributed by atoms with Crippen LogP contribution in [0.1, 0.15) is 16.8 Å². The van der Waals surface area contributed by atoms with E-state index in [4.69, 9.17) is 5.11 Å². The standard InChI is InChI=1S/C14H18N2O2/c1-16(7-4-8-17)10-14(18)12-9-15-13-6-3-2-5-11(12)13/h2-3,5-6,9,15,17H,4,7-8,10H2,1H3. The van der Waals surface area contributed by atoms with E-state index in [9.17, 15) is 4.79 Å².